The molecule has 1 rings (SSSR count). The van der Waals surface area contributed by atoms with E-state index in [0.29, 0.717) is 0 Å². The van der Waals surface area contributed by atoms with Crippen molar-refractivity contribution in [2.45, 2.75) is 20.0 Å². The van der Waals surface area contributed by atoms with Crippen LogP contribution in [0.4, 0.5) is 0 Å². The third-order valence-electron chi connectivity index (χ3n) is 1.09. The Balaban J connectivity index is 2.78. The molecular formula is C8H10INO. The highest BCUT2D eigenvalue weighted by Gasteiger charge is 2.01. The van der Waals surface area contributed by atoms with E-state index >= 15 is 0 Å². The fraction of sp³-hybridized carbons (Fsp3) is 0.375. The third kappa shape index (κ3) is 2.65. The molecule has 3 heteroatoms. The van der Waals surface area contributed by atoms with Crippen molar-refractivity contribution in [2.75, 3.05) is 0 Å². The van der Waals surface area contributed by atoms with Crippen LogP contribution in [0.2, 0.25) is 0 Å². The molecular weight excluding hydrogens is 253 g/mol. The molecule has 1 heterocycles. The Morgan fingerprint density at radius 2 is 2.27 bits per heavy atom. The first-order valence-corrected chi connectivity index (χ1v) is 4.55. The summed E-state index contributed by atoms with van der Waals surface area (Å²) in [7, 11) is 0. The molecule has 0 radical (unpaired) electrons. The summed E-state index contributed by atoms with van der Waals surface area (Å²) in [6, 6.07) is 3.80. The van der Waals surface area contributed by atoms with Crippen molar-refractivity contribution in [3.8, 4) is 5.75 Å². The molecule has 0 aromatic carbocycles. The van der Waals surface area contributed by atoms with Crippen LogP contribution in [-0.2, 0) is 0 Å². The Labute approximate surface area is 80.1 Å². The highest BCUT2D eigenvalue weighted by atomic mass is 127. The summed E-state index contributed by atoms with van der Waals surface area (Å²) >= 11 is 2.16. The van der Waals surface area contributed by atoms with Crippen molar-refractivity contribution >= 4 is 22.6 Å². The molecule has 11 heavy (non-hydrogen) atoms. The van der Waals surface area contributed by atoms with Crippen LogP contribution >= 0.6 is 22.6 Å². The highest BCUT2D eigenvalue weighted by molar-refractivity contribution is 14.1. The molecule has 0 bridgehead atoms. The molecule has 0 spiro atoms. The first-order chi connectivity index (χ1) is 5.20. The minimum Gasteiger partial charge on any atom is -0.488 e. The van der Waals surface area contributed by atoms with E-state index in [1.54, 1.807) is 6.20 Å². The van der Waals surface area contributed by atoms with E-state index in [1.165, 1.54) is 0 Å². The topological polar surface area (TPSA) is 22.1 Å². The molecule has 0 fully saturated rings. The summed E-state index contributed by atoms with van der Waals surface area (Å²) in [5, 5.41) is 0. The minimum absolute atomic E-state index is 0.215. The molecule has 0 unspecified atom stereocenters. The lowest BCUT2D eigenvalue weighted by Crippen LogP contribution is -2.06. The van der Waals surface area contributed by atoms with Gasteiger partial charge in [-0.2, -0.15) is 0 Å². The average molecular weight is 263 g/mol. The van der Waals surface area contributed by atoms with Gasteiger partial charge in [0.15, 0.2) is 5.75 Å². The second-order valence-electron chi connectivity index (χ2n) is 2.46. The molecule has 0 N–H and O–H groups in total. The molecule has 0 amide bonds. The van der Waals surface area contributed by atoms with Gasteiger partial charge >= 0.3 is 0 Å². The Morgan fingerprint density at radius 1 is 1.55 bits per heavy atom. The lowest BCUT2D eigenvalue weighted by atomic mass is 10.4. The van der Waals surface area contributed by atoms with Gasteiger partial charge in [0.25, 0.3) is 0 Å². The molecule has 0 saturated carbocycles. The van der Waals surface area contributed by atoms with Crippen LogP contribution in [0.1, 0.15) is 13.8 Å². The van der Waals surface area contributed by atoms with E-state index in [0.717, 1.165) is 9.45 Å². The lowest BCUT2D eigenvalue weighted by molar-refractivity contribution is 0.239. The zero-order valence-electron chi connectivity index (χ0n) is 6.54. The van der Waals surface area contributed by atoms with E-state index in [4.69, 9.17) is 4.74 Å². The predicted molar refractivity (Wildman–Crippen MR) is 52.7 cm³/mol. The Bertz CT molecular complexity index is 237. The fourth-order valence-corrected chi connectivity index (χ4v) is 1.18. The van der Waals surface area contributed by atoms with Gasteiger partial charge in [-0.25, -0.2) is 4.98 Å². The number of nitrogens with zero attached hydrogens (tertiary/aromatic N) is 1. The SMILES string of the molecule is CC(C)Oc1cccnc1I. The maximum atomic E-state index is 5.47. The monoisotopic (exact) mass is 263 g/mol. The number of rotatable bonds is 2. The number of aromatic nitrogens is 1. The average Bonchev–Trinajstić information content (AvgIpc) is 1.93. The molecule has 0 aliphatic heterocycles. The molecule has 0 aliphatic rings. The van der Waals surface area contributed by atoms with Crippen molar-refractivity contribution < 1.29 is 4.74 Å². The highest BCUT2D eigenvalue weighted by Crippen LogP contribution is 2.17. The van der Waals surface area contributed by atoms with Crippen LogP contribution in [0.3, 0.4) is 0 Å². The Morgan fingerprint density at radius 3 is 2.82 bits per heavy atom. The summed E-state index contributed by atoms with van der Waals surface area (Å²) in [4.78, 5) is 4.09. The predicted octanol–water partition coefficient (Wildman–Crippen LogP) is 2.47. The van der Waals surface area contributed by atoms with Crippen LogP contribution in [0, 0.1) is 3.70 Å². The summed E-state index contributed by atoms with van der Waals surface area (Å²) < 4.78 is 6.39. The first-order valence-electron chi connectivity index (χ1n) is 3.47. The Hall–Kier alpha value is -0.320. The summed E-state index contributed by atoms with van der Waals surface area (Å²) in [5.74, 6) is 0.864. The molecule has 0 aliphatic carbocycles. The number of pyridine rings is 1. The van der Waals surface area contributed by atoms with Crippen molar-refractivity contribution in [3.05, 3.63) is 22.0 Å². The van der Waals surface area contributed by atoms with Gasteiger partial charge in [0.2, 0.25) is 0 Å². The summed E-state index contributed by atoms with van der Waals surface area (Å²) in [5.41, 5.74) is 0. The maximum absolute atomic E-state index is 5.47. The Kier molecular flexibility index (Phi) is 3.11. The third-order valence-corrected chi connectivity index (χ3v) is 1.90. The van der Waals surface area contributed by atoms with Crippen LogP contribution in [0.25, 0.3) is 0 Å². The fourth-order valence-electron chi connectivity index (χ4n) is 0.713. The summed E-state index contributed by atoms with van der Waals surface area (Å²) in [6.45, 7) is 4.01. The van der Waals surface area contributed by atoms with Gasteiger partial charge in [0.1, 0.15) is 3.70 Å². The van der Waals surface area contributed by atoms with Gasteiger partial charge in [-0.15, -0.1) is 0 Å². The molecule has 2 nitrogen and oxygen atoms in total. The largest absolute Gasteiger partial charge is 0.488 e. The number of hydrogen-bond acceptors (Lipinski definition) is 2. The number of hydrogen-bond donors (Lipinski definition) is 0. The van der Waals surface area contributed by atoms with Gasteiger partial charge in [-0.05, 0) is 48.6 Å². The quantitative estimate of drug-likeness (QED) is 0.604. The van der Waals surface area contributed by atoms with Gasteiger partial charge in [0, 0.05) is 6.20 Å². The minimum atomic E-state index is 0.215. The smallest absolute Gasteiger partial charge is 0.151 e. The molecule has 1 aromatic heterocycles. The number of ether oxygens (including phenoxy) is 1. The van der Waals surface area contributed by atoms with Crippen LogP contribution in [-0.4, -0.2) is 11.1 Å². The van der Waals surface area contributed by atoms with Crippen LogP contribution in [0.15, 0.2) is 18.3 Å². The van der Waals surface area contributed by atoms with Crippen molar-refractivity contribution in [2.24, 2.45) is 0 Å². The lowest BCUT2D eigenvalue weighted by Gasteiger charge is -2.09. The van der Waals surface area contributed by atoms with E-state index in [-0.39, 0.29) is 6.10 Å². The van der Waals surface area contributed by atoms with Crippen molar-refractivity contribution in [3.63, 3.8) is 0 Å². The second kappa shape index (κ2) is 3.90. The van der Waals surface area contributed by atoms with Gasteiger partial charge < -0.3 is 4.74 Å². The van der Waals surface area contributed by atoms with Crippen molar-refractivity contribution in [1.82, 2.24) is 4.98 Å². The summed E-state index contributed by atoms with van der Waals surface area (Å²) in [6.07, 6.45) is 1.97. The maximum Gasteiger partial charge on any atom is 0.151 e. The molecule has 1 aromatic rings. The second-order valence-corrected chi connectivity index (χ2v) is 3.48. The normalized spacial score (nSPS) is 10.2. The van der Waals surface area contributed by atoms with Gasteiger partial charge in [-0.3, -0.25) is 0 Å². The zero-order chi connectivity index (χ0) is 8.27. The van der Waals surface area contributed by atoms with E-state index in [2.05, 4.69) is 27.6 Å². The first kappa shape index (κ1) is 8.77. The zero-order valence-corrected chi connectivity index (χ0v) is 8.70. The van der Waals surface area contributed by atoms with Crippen molar-refractivity contribution in [1.29, 1.82) is 0 Å². The van der Waals surface area contributed by atoms with E-state index in [9.17, 15) is 0 Å². The molecule has 0 saturated heterocycles. The standard InChI is InChI=1S/C8H10INO/c1-6(2)11-7-4-3-5-10-8(7)9/h3-6H,1-2H3. The van der Waals surface area contributed by atoms with E-state index < -0.39 is 0 Å². The van der Waals surface area contributed by atoms with Crippen LogP contribution < -0.4 is 4.74 Å². The molecule has 60 valence electrons. The number of halogens is 1. The van der Waals surface area contributed by atoms with Crippen LogP contribution in [0.5, 0.6) is 5.75 Å². The molecule has 0 atom stereocenters. The van der Waals surface area contributed by atoms with Gasteiger partial charge in [-0.1, -0.05) is 0 Å². The van der Waals surface area contributed by atoms with E-state index in [1.807, 2.05) is 26.0 Å². The van der Waals surface area contributed by atoms with Gasteiger partial charge in [0.05, 0.1) is 6.10 Å².